The van der Waals surface area contributed by atoms with Crippen LogP contribution in [-0.4, -0.2) is 77.9 Å². The lowest BCUT2D eigenvalue weighted by Gasteiger charge is -2.37. The van der Waals surface area contributed by atoms with Crippen molar-refractivity contribution in [2.75, 3.05) is 26.1 Å². The van der Waals surface area contributed by atoms with Crippen LogP contribution in [0.4, 0.5) is 5.82 Å². The Morgan fingerprint density at radius 1 is 1.32 bits per heavy atom. The molecule has 13 heteroatoms. The highest BCUT2D eigenvalue weighted by molar-refractivity contribution is 7.44. The van der Waals surface area contributed by atoms with Crippen molar-refractivity contribution >= 4 is 20.3 Å². The monoisotopic (exact) mass is 580 g/mol. The minimum Gasteiger partial charge on any atom is -0.400 e. The molecule has 0 radical (unpaired) electrons. The number of amides is 1. The molecule has 1 fully saturated rings. The summed E-state index contributed by atoms with van der Waals surface area (Å²) >= 11 is 0. The Kier molecular flexibility index (Phi) is 12.5. The number of hydrogen-bond donors (Lipinski definition) is 2. The van der Waals surface area contributed by atoms with Gasteiger partial charge in [-0.05, 0) is 52.8 Å². The normalized spacial score (nSPS) is 21.8. The van der Waals surface area contributed by atoms with Gasteiger partial charge in [0.2, 0.25) is 1.43 Å². The van der Waals surface area contributed by atoms with Gasteiger partial charge in [-0.25, -0.2) is 9.46 Å². The zero-order chi connectivity index (χ0) is 31.2. The Hall–Kier alpha value is -2.75. The number of hydrogen-bond acceptors (Lipinski definition) is 10. The molecule has 1 saturated heterocycles. The Morgan fingerprint density at radius 2 is 2.00 bits per heavy atom. The van der Waals surface area contributed by atoms with Gasteiger partial charge in [0.15, 0.2) is 6.23 Å². The molecular formula is C27H40N5O7P. The number of carbonyl (C=O) groups excluding carboxylic acids is 1. The van der Waals surface area contributed by atoms with Crippen molar-refractivity contribution in [3.8, 4) is 6.07 Å². The van der Waals surface area contributed by atoms with Crippen LogP contribution in [-0.2, 0) is 18.5 Å². The molecule has 1 amide bonds. The summed E-state index contributed by atoms with van der Waals surface area (Å²) in [7, 11) is 1.14. The summed E-state index contributed by atoms with van der Waals surface area (Å²) in [6.45, 7) is 8.16. The fraction of sp³-hybridized carbons (Fsp3) is 0.556. The number of benzene rings is 1. The van der Waals surface area contributed by atoms with Crippen molar-refractivity contribution in [2.24, 2.45) is 0 Å². The Labute approximate surface area is 239 Å². The number of carbonyl (C=O) groups is 1. The fourth-order valence-corrected chi connectivity index (χ4v) is 5.93. The largest absolute Gasteiger partial charge is 0.400 e. The van der Waals surface area contributed by atoms with E-state index in [1.54, 1.807) is 30.3 Å². The molecule has 3 rings (SSSR count). The number of rotatable bonds is 12. The van der Waals surface area contributed by atoms with Crippen LogP contribution in [0.2, 0.25) is 0 Å². The number of aliphatic hydroxyl groups excluding tert-OH is 1. The maximum absolute atomic E-state index is 13.0. The van der Waals surface area contributed by atoms with E-state index in [2.05, 4.69) is 26.1 Å². The molecule has 1 aliphatic heterocycles. The molecule has 5 atom stereocenters. The lowest BCUT2D eigenvalue weighted by Crippen LogP contribution is -2.40. The quantitative estimate of drug-likeness (QED) is 0.281. The minimum absolute atomic E-state index is 0.0808. The molecule has 0 aliphatic carbocycles. The summed E-state index contributed by atoms with van der Waals surface area (Å²) in [5.74, 6) is -0.291. The van der Waals surface area contributed by atoms with E-state index < -0.39 is 38.8 Å². The first kappa shape index (κ1) is 30.2. The maximum Gasteiger partial charge on any atom is 0.351 e. The standard InChI is InChI=1S/C26H36N5O6P.CH4O/c1-17(2)31(18(3)4)38(35-16-10-14-27)37-22-19(5)36-25(23(22)34-6)30-15-13-21(29-26(30)33)28-24(32)20-11-8-7-9-12-20;1-2/h7-9,11-13,15,17-19,22-23,25H,10,16H2,1-6H3,(H,28,29,32,33);2H,1H3/t19-,22-,23-,25-,38?;/m1./s1/i5D;2T. The van der Waals surface area contributed by atoms with Gasteiger partial charge in [-0.15, -0.1) is 0 Å². The van der Waals surface area contributed by atoms with E-state index in [1.165, 1.54) is 31.0 Å². The third-order valence-corrected chi connectivity index (χ3v) is 7.94. The van der Waals surface area contributed by atoms with Gasteiger partial charge < -0.3 is 28.9 Å². The van der Waals surface area contributed by atoms with E-state index in [-0.39, 0.29) is 43.7 Å². The average Bonchev–Trinajstić information content (AvgIpc) is 3.30. The highest BCUT2D eigenvalue weighted by Gasteiger charge is 2.47. The molecule has 220 valence electrons. The van der Waals surface area contributed by atoms with Gasteiger partial charge in [0, 0.05) is 39.4 Å². The second kappa shape index (κ2) is 16.5. The SMILES string of the molecule is [2H]C[C@H]1O[C@@H](n2ccc(NC(=O)c3ccccc3)nc2=O)[C@H](OC)[C@@H]1OP(OCCC#N)N(C(C)C)C(C)C.[3H]OC. The molecule has 1 aliphatic rings. The summed E-state index contributed by atoms with van der Waals surface area (Å²) in [6, 6.07) is 12.3. The first-order valence-electron chi connectivity index (χ1n) is 13.9. The molecule has 1 aromatic carbocycles. The van der Waals surface area contributed by atoms with E-state index in [4.69, 9.17) is 26.6 Å². The molecule has 2 aromatic rings. The van der Waals surface area contributed by atoms with Crippen LogP contribution < -0.4 is 11.0 Å². The molecule has 0 bridgehead atoms. The number of nitriles is 1. The van der Waals surface area contributed by atoms with Crippen molar-refractivity contribution in [2.45, 2.75) is 77.6 Å². The van der Waals surface area contributed by atoms with Crippen molar-refractivity contribution in [1.29, 1.82) is 6.69 Å². The Balaban J connectivity index is 0.00000197. The Morgan fingerprint density at radius 3 is 2.55 bits per heavy atom. The lowest BCUT2D eigenvalue weighted by atomic mass is 10.1. The van der Waals surface area contributed by atoms with E-state index in [1.807, 2.05) is 27.7 Å². The van der Waals surface area contributed by atoms with E-state index in [0.29, 0.717) is 5.56 Å². The summed E-state index contributed by atoms with van der Waals surface area (Å²) in [6.07, 6.45) is -1.44. The lowest BCUT2D eigenvalue weighted by molar-refractivity contribution is -0.0509. The van der Waals surface area contributed by atoms with E-state index in [0.717, 1.165) is 0 Å². The molecule has 2 heterocycles. The molecule has 1 aromatic heterocycles. The van der Waals surface area contributed by atoms with Crippen molar-refractivity contribution < 1.29 is 29.8 Å². The average molecular weight is 581 g/mol. The predicted octanol–water partition coefficient (Wildman–Crippen LogP) is 3.70. The predicted molar refractivity (Wildman–Crippen MR) is 152 cm³/mol. The third kappa shape index (κ3) is 8.62. The number of anilines is 1. The summed E-state index contributed by atoms with van der Waals surface area (Å²) in [5.41, 5.74) is -0.221. The molecule has 40 heavy (non-hydrogen) atoms. The first-order valence-corrected chi connectivity index (χ1v) is 13.9. The zero-order valence-electron chi connectivity index (χ0n) is 25.7. The zero-order valence-corrected chi connectivity index (χ0v) is 24.6. The van der Waals surface area contributed by atoms with Crippen LogP contribution in [0, 0.1) is 11.3 Å². The highest BCUT2D eigenvalue weighted by Crippen LogP contribution is 2.50. The van der Waals surface area contributed by atoms with Crippen LogP contribution >= 0.6 is 8.53 Å². The molecular weight excluding hydrogens is 537 g/mol. The van der Waals surface area contributed by atoms with Gasteiger partial charge in [0.25, 0.3) is 14.4 Å². The second-order valence-corrected chi connectivity index (χ2v) is 10.6. The third-order valence-electron chi connectivity index (χ3n) is 5.81. The second-order valence-electron chi connectivity index (χ2n) is 9.20. The van der Waals surface area contributed by atoms with E-state index >= 15 is 0 Å². The molecule has 12 nitrogen and oxygen atoms in total. The van der Waals surface area contributed by atoms with Gasteiger partial charge in [0.05, 0.1) is 25.2 Å². The number of nitrogens with one attached hydrogen (secondary N) is 1. The van der Waals surface area contributed by atoms with Gasteiger partial charge in [0.1, 0.15) is 18.0 Å². The van der Waals surface area contributed by atoms with Gasteiger partial charge in [-0.1, -0.05) is 18.2 Å². The van der Waals surface area contributed by atoms with Crippen LogP contribution in [0.15, 0.2) is 47.4 Å². The minimum atomic E-state index is -1.63. The number of ether oxygens (including phenoxy) is 2. The Bertz CT molecular complexity index is 1190. The smallest absolute Gasteiger partial charge is 0.351 e. The maximum atomic E-state index is 13.0. The fourth-order valence-electron chi connectivity index (χ4n) is 4.16. The highest BCUT2D eigenvalue weighted by atomic mass is 31.2. The van der Waals surface area contributed by atoms with Gasteiger partial charge in [-0.2, -0.15) is 10.2 Å². The molecule has 0 saturated carbocycles. The number of aliphatic hydroxyl groups is 1. The number of methoxy groups -OCH3 is 1. The van der Waals surface area contributed by atoms with Crippen molar-refractivity contribution in [3.63, 3.8) is 0 Å². The topological polar surface area (TPSA) is 148 Å². The molecule has 0 spiro atoms. The molecule has 1 unspecified atom stereocenters. The van der Waals surface area contributed by atoms with Crippen LogP contribution in [0.3, 0.4) is 0 Å². The summed E-state index contributed by atoms with van der Waals surface area (Å²) < 4.78 is 41.5. The van der Waals surface area contributed by atoms with Gasteiger partial charge in [-0.3, -0.25) is 9.36 Å². The van der Waals surface area contributed by atoms with Crippen LogP contribution in [0.25, 0.3) is 0 Å². The van der Waals surface area contributed by atoms with E-state index in [9.17, 15) is 9.59 Å². The molecule has 2 N–H and O–H groups in total. The summed E-state index contributed by atoms with van der Waals surface area (Å²) in [4.78, 5) is 29.5. The number of aromatic nitrogens is 2. The number of nitrogens with zero attached hydrogens (tertiary/aromatic N) is 4. The summed E-state index contributed by atoms with van der Waals surface area (Å²) in [5, 5.41) is 15.1. The van der Waals surface area contributed by atoms with Crippen LogP contribution in [0.1, 0.15) is 59.0 Å². The van der Waals surface area contributed by atoms with Gasteiger partial charge >= 0.3 is 5.69 Å². The van der Waals surface area contributed by atoms with Crippen molar-refractivity contribution in [1.82, 2.24) is 14.2 Å². The van der Waals surface area contributed by atoms with Crippen molar-refractivity contribution in [3.05, 3.63) is 58.6 Å². The van der Waals surface area contributed by atoms with Crippen LogP contribution in [0.5, 0.6) is 0 Å². The first-order chi connectivity index (χ1) is 20.1.